The molecule has 2 aromatic rings. The maximum Gasteiger partial charge on any atom is 0.416 e. The molecule has 0 saturated carbocycles. The summed E-state index contributed by atoms with van der Waals surface area (Å²) in [6, 6.07) is 3.90. The monoisotopic (exact) mass is 328 g/mol. The van der Waals surface area contributed by atoms with Crippen molar-refractivity contribution in [3.05, 3.63) is 51.3 Å². The van der Waals surface area contributed by atoms with Gasteiger partial charge in [-0.2, -0.15) is 18.3 Å². The van der Waals surface area contributed by atoms with Gasteiger partial charge in [-0.15, -0.1) is 0 Å². The molecule has 0 fully saturated rings. The first-order valence-corrected chi connectivity index (χ1v) is 7.65. The van der Waals surface area contributed by atoms with Crippen molar-refractivity contribution in [2.45, 2.75) is 45.3 Å². The maximum absolute atomic E-state index is 13.2. The Hall–Kier alpha value is -1.49. The Bertz CT molecular complexity index is 704. The van der Waals surface area contributed by atoms with Gasteiger partial charge < -0.3 is 0 Å². The van der Waals surface area contributed by atoms with Gasteiger partial charge in [0.1, 0.15) is 0 Å². The van der Waals surface area contributed by atoms with E-state index in [2.05, 4.69) is 5.10 Å². The van der Waals surface area contributed by atoms with Crippen LogP contribution in [0, 0.1) is 6.92 Å². The predicted octanol–water partition coefficient (Wildman–Crippen LogP) is 4.79. The molecule has 0 atom stereocenters. The van der Waals surface area contributed by atoms with E-state index in [1.54, 1.807) is 4.68 Å². The SMILES string of the molecule is Cc1nn(Cc2c(Cl)cccc2C(F)(F)F)c2c1CCCC2. The smallest absolute Gasteiger partial charge is 0.265 e. The minimum absolute atomic E-state index is 0.0602. The highest BCUT2D eigenvalue weighted by Gasteiger charge is 2.34. The van der Waals surface area contributed by atoms with Crippen LogP contribution in [-0.4, -0.2) is 9.78 Å². The molecule has 0 aliphatic heterocycles. The van der Waals surface area contributed by atoms with Gasteiger partial charge in [-0.05, 0) is 50.3 Å². The molecule has 0 saturated heterocycles. The second-order valence-corrected chi connectivity index (χ2v) is 6.05. The molecular formula is C16H16ClF3N2. The van der Waals surface area contributed by atoms with Crippen LogP contribution in [0.15, 0.2) is 18.2 Å². The molecule has 0 N–H and O–H groups in total. The molecule has 1 heterocycles. The summed E-state index contributed by atoms with van der Waals surface area (Å²) in [7, 11) is 0. The van der Waals surface area contributed by atoms with E-state index in [-0.39, 0.29) is 17.1 Å². The Morgan fingerprint density at radius 3 is 2.68 bits per heavy atom. The van der Waals surface area contributed by atoms with E-state index in [9.17, 15) is 13.2 Å². The average molecular weight is 329 g/mol. The third-order valence-electron chi connectivity index (χ3n) is 4.19. The zero-order valence-corrected chi connectivity index (χ0v) is 12.9. The lowest BCUT2D eigenvalue weighted by Gasteiger charge is -2.17. The average Bonchev–Trinajstić information content (AvgIpc) is 2.77. The van der Waals surface area contributed by atoms with Crippen molar-refractivity contribution in [2.24, 2.45) is 0 Å². The van der Waals surface area contributed by atoms with E-state index < -0.39 is 11.7 Å². The summed E-state index contributed by atoms with van der Waals surface area (Å²) in [5, 5.41) is 4.57. The molecule has 0 unspecified atom stereocenters. The Morgan fingerprint density at radius 2 is 1.95 bits per heavy atom. The molecule has 2 nitrogen and oxygen atoms in total. The first-order chi connectivity index (χ1) is 10.4. The summed E-state index contributed by atoms with van der Waals surface area (Å²) in [4.78, 5) is 0. The zero-order valence-electron chi connectivity index (χ0n) is 12.2. The number of fused-ring (bicyclic) bond motifs is 1. The molecule has 22 heavy (non-hydrogen) atoms. The van der Waals surface area contributed by atoms with Crippen molar-refractivity contribution in [3.8, 4) is 0 Å². The number of hydrogen-bond donors (Lipinski definition) is 0. The van der Waals surface area contributed by atoms with Crippen LogP contribution in [0.3, 0.4) is 0 Å². The van der Waals surface area contributed by atoms with Crippen molar-refractivity contribution in [1.29, 1.82) is 0 Å². The summed E-state index contributed by atoms with van der Waals surface area (Å²) in [5.41, 5.74) is 2.56. The van der Waals surface area contributed by atoms with Gasteiger partial charge in [0.2, 0.25) is 0 Å². The van der Waals surface area contributed by atoms with Crippen LogP contribution in [0.1, 0.15) is 40.9 Å². The van der Waals surface area contributed by atoms with Crippen LogP contribution < -0.4 is 0 Å². The van der Waals surface area contributed by atoms with E-state index >= 15 is 0 Å². The lowest BCUT2D eigenvalue weighted by atomic mass is 9.96. The number of hydrogen-bond acceptors (Lipinski definition) is 1. The van der Waals surface area contributed by atoms with Crippen LogP contribution in [0.25, 0.3) is 0 Å². The maximum atomic E-state index is 13.2. The molecule has 0 amide bonds. The van der Waals surface area contributed by atoms with E-state index in [4.69, 9.17) is 11.6 Å². The predicted molar refractivity (Wildman–Crippen MR) is 79.2 cm³/mol. The van der Waals surface area contributed by atoms with E-state index in [1.807, 2.05) is 6.92 Å². The van der Waals surface area contributed by atoms with Crippen molar-refractivity contribution >= 4 is 11.6 Å². The summed E-state index contributed by atoms with van der Waals surface area (Å²) in [6.45, 7) is 1.97. The molecule has 118 valence electrons. The first-order valence-electron chi connectivity index (χ1n) is 7.27. The van der Waals surface area contributed by atoms with Gasteiger partial charge in [-0.1, -0.05) is 17.7 Å². The van der Waals surface area contributed by atoms with Crippen molar-refractivity contribution in [2.75, 3.05) is 0 Å². The summed E-state index contributed by atoms with van der Waals surface area (Å²) in [5.74, 6) is 0. The highest BCUT2D eigenvalue weighted by Crippen LogP contribution is 2.36. The second kappa shape index (κ2) is 5.61. The Kier molecular flexibility index (Phi) is 3.93. The normalized spacial score (nSPS) is 15.0. The number of nitrogens with zero attached hydrogens (tertiary/aromatic N) is 2. The van der Waals surface area contributed by atoms with E-state index in [1.165, 1.54) is 17.7 Å². The largest absolute Gasteiger partial charge is 0.416 e. The van der Waals surface area contributed by atoms with Gasteiger partial charge >= 0.3 is 6.18 Å². The summed E-state index contributed by atoms with van der Waals surface area (Å²) in [6.07, 6.45) is -0.438. The van der Waals surface area contributed by atoms with Crippen molar-refractivity contribution in [3.63, 3.8) is 0 Å². The molecule has 1 aromatic carbocycles. The van der Waals surface area contributed by atoms with Gasteiger partial charge in [-0.25, -0.2) is 0 Å². The van der Waals surface area contributed by atoms with Crippen LogP contribution in [-0.2, 0) is 25.6 Å². The molecule has 3 rings (SSSR count). The van der Waals surface area contributed by atoms with Crippen LogP contribution in [0.2, 0.25) is 5.02 Å². The van der Waals surface area contributed by atoms with E-state index in [0.29, 0.717) is 0 Å². The van der Waals surface area contributed by atoms with Crippen LogP contribution in [0.4, 0.5) is 13.2 Å². The molecule has 0 spiro atoms. The number of aromatic nitrogens is 2. The fourth-order valence-electron chi connectivity index (χ4n) is 3.13. The fraction of sp³-hybridized carbons (Fsp3) is 0.438. The van der Waals surface area contributed by atoms with Crippen molar-refractivity contribution in [1.82, 2.24) is 9.78 Å². The molecule has 0 bridgehead atoms. The van der Waals surface area contributed by atoms with Gasteiger partial charge in [0.05, 0.1) is 17.8 Å². The van der Waals surface area contributed by atoms with Crippen LogP contribution in [0.5, 0.6) is 0 Å². The first kappa shape index (κ1) is 15.4. The van der Waals surface area contributed by atoms with Gasteiger partial charge in [0, 0.05) is 16.3 Å². The number of benzene rings is 1. The minimum Gasteiger partial charge on any atom is -0.265 e. The number of halogens is 4. The minimum atomic E-state index is -4.41. The number of rotatable bonds is 2. The Balaban J connectivity index is 2.05. The molecule has 1 aliphatic rings. The zero-order chi connectivity index (χ0) is 15.9. The number of alkyl halides is 3. The molecular weight excluding hydrogens is 313 g/mol. The molecule has 6 heteroatoms. The fourth-order valence-corrected chi connectivity index (χ4v) is 3.37. The number of aryl methyl sites for hydroxylation is 1. The third-order valence-corrected chi connectivity index (χ3v) is 4.54. The van der Waals surface area contributed by atoms with Crippen molar-refractivity contribution < 1.29 is 13.2 Å². The Morgan fingerprint density at radius 1 is 1.23 bits per heavy atom. The van der Waals surface area contributed by atoms with Gasteiger partial charge in [-0.3, -0.25) is 4.68 Å². The highest BCUT2D eigenvalue weighted by atomic mass is 35.5. The highest BCUT2D eigenvalue weighted by molar-refractivity contribution is 6.31. The summed E-state index contributed by atoms with van der Waals surface area (Å²) < 4.78 is 41.3. The quantitative estimate of drug-likeness (QED) is 0.775. The molecule has 1 aliphatic carbocycles. The second-order valence-electron chi connectivity index (χ2n) is 5.64. The third kappa shape index (κ3) is 2.74. The Labute approximate surface area is 131 Å². The standard InChI is InChI=1S/C16H16ClF3N2/c1-10-11-5-2-3-8-15(11)22(21-10)9-12-13(16(18,19)20)6-4-7-14(12)17/h4,6-7H,2-3,5,8-9H2,1H3. The molecule has 1 aromatic heterocycles. The molecule has 0 radical (unpaired) electrons. The van der Waals surface area contributed by atoms with Gasteiger partial charge in [0.15, 0.2) is 0 Å². The topological polar surface area (TPSA) is 17.8 Å². The van der Waals surface area contributed by atoms with Gasteiger partial charge in [0.25, 0.3) is 0 Å². The lowest BCUT2D eigenvalue weighted by Crippen LogP contribution is -2.15. The lowest BCUT2D eigenvalue weighted by molar-refractivity contribution is -0.138. The summed E-state index contributed by atoms with van der Waals surface area (Å²) >= 11 is 6.03. The van der Waals surface area contributed by atoms with E-state index in [0.717, 1.165) is 43.1 Å². The van der Waals surface area contributed by atoms with Crippen LogP contribution >= 0.6 is 11.6 Å².